The van der Waals surface area contributed by atoms with E-state index in [1.54, 1.807) is 13.2 Å². The Kier molecular flexibility index (Phi) is 8.57. The lowest BCUT2D eigenvalue weighted by atomic mass is 9.74. The number of nitrogens with zero attached hydrogens (tertiary/aromatic N) is 1. The molecule has 0 spiro atoms. The van der Waals surface area contributed by atoms with Crippen LogP contribution in [0, 0.1) is 0 Å². The van der Waals surface area contributed by atoms with Gasteiger partial charge in [-0.2, -0.15) is 13.2 Å². The first kappa shape index (κ1) is 22.5. The lowest BCUT2D eigenvalue weighted by Gasteiger charge is -2.37. The third-order valence-electron chi connectivity index (χ3n) is 4.95. The molecule has 5 nitrogen and oxygen atoms in total. The van der Waals surface area contributed by atoms with Crippen LogP contribution in [-0.2, 0) is 21.1 Å². The van der Waals surface area contributed by atoms with Crippen LogP contribution in [-0.4, -0.2) is 52.5 Å². The van der Waals surface area contributed by atoms with Gasteiger partial charge < -0.3 is 20.1 Å². The number of hydrogen-bond donors (Lipinski definition) is 2. The molecule has 0 aromatic heterocycles. The number of benzene rings is 1. The molecule has 1 aromatic carbocycles. The lowest BCUT2D eigenvalue weighted by molar-refractivity contribution is -0.137. The summed E-state index contributed by atoms with van der Waals surface area (Å²) < 4.78 is 50.1. The van der Waals surface area contributed by atoms with Crippen molar-refractivity contribution in [2.45, 2.75) is 37.8 Å². The molecule has 0 unspecified atom stereocenters. The number of alkyl halides is 3. The molecular formula is C20H30F3N3O2. The van der Waals surface area contributed by atoms with Gasteiger partial charge in [-0.05, 0) is 37.8 Å². The third-order valence-corrected chi connectivity index (χ3v) is 4.95. The molecule has 1 saturated heterocycles. The van der Waals surface area contributed by atoms with Crippen molar-refractivity contribution in [3.05, 3.63) is 35.4 Å². The first-order chi connectivity index (χ1) is 13.4. The summed E-state index contributed by atoms with van der Waals surface area (Å²) in [6.07, 6.45) is -2.24. The summed E-state index contributed by atoms with van der Waals surface area (Å²) >= 11 is 0. The smallest absolute Gasteiger partial charge is 0.385 e. The van der Waals surface area contributed by atoms with Gasteiger partial charge in [0.15, 0.2) is 5.96 Å². The maximum Gasteiger partial charge on any atom is 0.416 e. The Morgan fingerprint density at radius 3 is 2.64 bits per heavy atom. The fourth-order valence-electron chi connectivity index (χ4n) is 3.32. The van der Waals surface area contributed by atoms with Gasteiger partial charge in [0.05, 0.1) is 12.1 Å². The Bertz CT molecular complexity index is 629. The summed E-state index contributed by atoms with van der Waals surface area (Å²) in [6.45, 7) is 5.47. The number of aliphatic imine (C=N–C) groups is 1. The van der Waals surface area contributed by atoms with Crippen LogP contribution in [0.25, 0.3) is 0 Å². The molecule has 158 valence electrons. The maximum atomic E-state index is 13.2. The largest absolute Gasteiger partial charge is 0.416 e. The quantitative estimate of drug-likeness (QED) is 0.399. The Morgan fingerprint density at radius 2 is 2.00 bits per heavy atom. The summed E-state index contributed by atoms with van der Waals surface area (Å²) in [5.41, 5.74) is -0.414. The van der Waals surface area contributed by atoms with Gasteiger partial charge in [0.2, 0.25) is 0 Å². The van der Waals surface area contributed by atoms with Crippen molar-refractivity contribution in [3.8, 4) is 0 Å². The highest BCUT2D eigenvalue weighted by Gasteiger charge is 2.37. The molecule has 28 heavy (non-hydrogen) atoms. The van der Waals surface area contributed by atoms with E-state index in [2.05, 4.69) is 10.6 Å². The Hall–Kier alpha value is -1.80. The van der Waals surface area contributed by atoms with Gasteiger partial charge >= 0.3 is 6.18 Å². The number of nitrogens with one attached hydrogen (secondary N) is 2. The van der Waals surface area contributed by atoms with Gasteiger partial charge in [-0.3, -0.25) is 4.99 Å². The van der Waals surface area contributed by atoms with Gasteiger partial charge in [-0.15, -0.1) is 0 Å². The highest BCUT2D eigenvalue weighted by Crippen LogP contribution is 2.38. The van der Waals surface area contributed by atoms with Gasteiger partial charge in [-0.25, -0.2) is 0 Å². The van der Waals surface area contributed by atoms with Crippen LogP contribution in [0.4, 0.5) is 13.2 Å². The third kappa shape index (κ3) is 6.38. The molecule has 0 saturated carbocycles. The molecule has 1 fully saturated rings. The van der Waals surface area contributed by atoms with Crippen molar-refractivity contribution >= 4 is 5.96 Å². The average Bonchev–Trinajstić information content (AvgIpc) is 2.69. The Labute approximate surface area is 164 Å². The molecule has 1 aliphatic heterocycles. The predicted molar refractivity (Wildman–Crippen MR) is 104 cm³/mol. The van der Waals surface area contributed by atoms with E-state index in [-0.39, 0.29) is 0 Å². The van der Waals surface area contributed by atoms with Gasteiger partial charge in [-0.1, -0.05) is 18.2 Å². The molecule has 1 heterocycles. The van der Waals surface area contributed by atoms with Crippen LogP contribution in [0.1, 0.15) is 37.3 Å². The molecule has 1 aromatic rings. The molecule has 0 atom stereocenters. The second kappa shape index (κ2) is 10.7. The van der Waals surface area contributed by atoms with Crippen LogP contribution in [0.15, 0.2) is 29.3 Å². The van der Waals surface area contributed by atoms with Gasteiger partial charge in [0, 0.05) is 45.4 Å². The monoisotopic (exact) mass is 401 g/mol. The molecule has 2 rings (SSSR count). The first-order valence-corrected chi connectivity index (χ1v) is 9.68. The molecule has 1 aliphatic rings. The van der Waals surface area contributed by atoms with E-state index in [9.17, 15) is 13.2 Å². The molecule has 0 bridgehead atoms. The van der Waals surface area contributed by atoms with E-state index in [4.69, 9.17) is 14.5 Å². The standard InChI is InChI=1S/C20H30F3N3O2/c1-3-24-18(25-10-5-11-27-2)26-15-19(8-12-28-13-9-19)16-6-4-7-17(14-16)20(21,22)23/h4,6-7,14H,3,5,8-13,15H2,1-2H3,(H2,24,25,26). The van der Waals surface area contributed by atoms with E-state index in [1.807, 2.05) is 6.92 Å². The summed E-state index contributed by atoms with van der Waals surface area (Å²) in [4.78, 5) is 4.69. The second-order valence-electron chi connectivity index (χ2n) is 6.94. The van der Waals surface area contributed by atoms with Crippen molar-refractivity contribution < 1.29 is 22.6 Å². The van der Waals surface area contributed by atoms with Crippen LogP contribution in [0.2, 0.25) is 0 Å². The Morgan fingerprint density at radius 1 is 1.25 bits per heavy atom. The van der Waals surface area contributed by atoms with Crippen molar-refractivity contribution in [2.24, 2.45) is 4.99 Å². The van der Waals surface area contributed by atoms with Crippen LogP contribution < -0.4 is 10.6 Å². The predicted octanol–water partition coefficient (Wildman–Crippen LogP) is 3.35. The van der Waals surface area contributed by atoms with Gasteiger partial charge in [0.1, 0.15) is 0 Å². The lowest BCUT2D eigenvalue weighted by Crippen LogP contribution is -2.41. The summed E-state index contributed by atoms with van der Waals surface area (Å²) in [7, 11) is 1.66. The maximum absolute atomic E-state index is 13.2. The van der Waals surface area contributed by atoms with E-state index in [1.165, 1.54) is 12.1 Å². The summed E-state index contributed by atoms with van der Waals surface area (Å²) in [5, 5.41) is 6.44. The molecular weight excluding hydrogens is 371 g/mol. The van der Waals surface area contributed by atoms with E-state index >= 15 is 0 Å². The minimum Gasteiger partial charge on any atom is -0.385 e. The van der Waals surface area contributed by atoms with Crippen LogP contribution >= 0.6 is 0 Å². The fourth-order valence-corrected chi connectivity index (χ4v) is 3.32. The minimum atomic E-state index is -4.36. The topological polar surface area (TPSA) is 54.9 Å². The van der Waals surface area contributed by atoms with E-state index < -0.39 is 17.2 Å². The number of ether oxygens (including phenoxy) is 2. The van der Waals surface area contributed by atoms with Crippen LogP contribution in [0.5, 0.6) is 0 Å². The number of rotatable bonds is 8. The van der Waals surface area contributed by atoms with E-state index in [0.29, 0.717) is 63.8 Å². The molecule has 0 aliphatic carbocycles. The highest BCUT2D eigenvalue weighted by atomic mass is 19.4. The van der Waals surface area contributed by atoms with Crippen LogP contribution in [0.3, 0.4) is 0 Å². The van der Waals surface area contributed by atoms with Gasteiger partial charge in [0.25, 0.3) is 0 Å². The van der Waals surface area contributed by atoms with Crippen molar-refractivity contribution in [3.63, 3.8) is 0 Å². The first-order valence-electron chi connectivity index (χ1n) is 9.68. The zero-order valence-corrected chi connectivity index (χ0v) is 16.6. The zero-order chi connectivity index (χ0) is 20.5. The highest BCUT2D eigenvalue weighted by molar-refractivity contribution is 5.79. The Balaban J connectivity index is 2.22. The number of methoxy groups -OCH3 is 1. The molecule has 0 radical (unpaired) electrons. The second-order valence-corrected chi connectivity index (χ2v) is 6.94. The van der Waals surface area contributed by atoms with Crippen molar-refractivity contribution in [1.29, 1.82) is 0 Å². The average molecular weight is 401 g/mol. The molecule has 8 heteroatoms. The molecule has 2 N–H and O–H groups in total. The van der Waals surface area contributed by atoms with E-state index in [0.717, 1.165) is 12.5 Å². The number of hydrogen-bond acceptors (Lipinski definition) is 3. The minimum absolute atomic E-state index is 0.400. The van der Waals surface area contributed by atoms with Crippen molar-refractivity contribution in [2.75, 3.05) is 46.6 Å². The fraction of sp³-hybridized carbons (Fsp3) is 0.650. The zero-order valence-electron chi connectivity index (χ0n) is 16.6. The summed E-state index contributed by atoms with van der Waals surface area (Å²) in [5.74, 6) is 0.663. The number of guanidine groups is 1. The molecule has 0 amide bonds. The normalized spacial score (nSPS) is 17.4. The number of halogens is 3. The summed E-state index contributed by atoms with van der Waals surface area (Å²) in [6, 6.07) is 5.63. The van der Waals surface area contributed by atoms with Crippen molar-refractivity contribution in [1.82, 2.24) is 10.6 Å². The SMILES string of the molecule is CCNC(=NCC1(c2cccc(C(F)(F)F)c2)CCOCC1)NCCCOC.